The van der Waals surface area contributed by atoms with Crippen molar-refractivity contribution in [1.82, 2.24) is 0 Å². The lowest BCUT2D eigenvalue weighted by atomic mass is 9.84. The maximum absolute atomic E-state index is 14.9. The first-order valence-corrected chi connectivity index (χ1v) is 50.5. The summed E-state index contributed by atoms with van der Waals surface area (Å²) < 4.78 is 73.7. The predicted octanol–water partition coefficient (Wildman–Crippen LogP) is 18.7. The van der Waals surface area contributed by atoms with Crippen LogP contribution < -0.4 is 0 Å². The highest BCUT2D eigenvalue weighted by Crippen LogP contribution is 2.49. The molecule has 0 aromatic rings. The SMILES string of the molecule is CCCCCCCCCCCCCCCCCCC(=O)OCC(COP(=O)(O)OC1C(OC2OC(CO)C(O)C(O)C2O)C(O)C(O)C(OC(=O)CCCCCCCCC(C)CCCCCCCC)C1OC1OC(COC(=O)CCCCCCCCC(C)CCCCCCCC)C(O)C(O)C1O)OC(=O)CCCCCCCCCCCCCCC. The number of aliphatic hydroxyl groups is 9. The summed E-state index contributed by atoms with van der Waals surface area (Å²) in [7, 11) is -5.81. The van der Waals surface area contributed by atoms with E-state index in [1.54, 1.807) is 0 Å². The van der Waals surface area contributed by atoms with E-state index in [-0.39, 0.29) is 25.7 Å². The summed E-state index contributed by atoms with van der Waals surface area (Å²) in [5.41, 5.74) is 0. The number of hydrogen-bond acceptors (Lipinski definition) is 24. The average molecular weight is 1740 g/mol. The second-order valence-corrected chi connectivity index (χ2v) is 37.3. The van der Waals surface area contributed by atoms with Gasteiger partial charge in [-0.2, -0.15) is 0 Å². The molecule has 0 amide bonds. The van der Waals surface area contributed by atoms with Crippen molar-refractivity contribution in [3.8, 4) is 0 Å². The number of hydrogen-bond donors (Lipinski definition) is 10. The molecule has 120 heavy (non-hydrogen) atoms. The number of aliphatic hydroxyl groups excluding tert-OH is 9. The van der Waals surface area contributed by atoms with E-state index in [1.807, 2.05) is 0 Å². The van der Waals surface area contributed by atoms with Crippen molar-refractivity contribution in [3.05, 3.63) is 0 Å². The fourth-order valence-corrected chi connectivity index (χ4v) is 17.7. The van der Waals surface area contributed by atoms with E-state index in [0.717, 1.165) is 128 Å². The monoisotopic (exact) mass is 1740 g/mol. The van der Waals surface area contributed by atoms with Crippen molar-refractivity contribution in [3.63, 3.8) is 0 Å². The minimum absolute atomic E-state index is 0.0167. The first-order chi connectivity index (χ1) is 58.0. The molecular weight excluding hydrogens is 1560 g/mol. The molecule has 26 heteroatoms. The van der Waals surface area contributed by atoms with Crippen LogP contribution in [-0.2, 0) is 70.7 Å². The van der Waals surface area contributed by atoms with Gasteiger partial charge in [-0.25, -0.2) is 4.57 Å². The van der Waals surface area contributed by atoms with Gasteiger partial charge in [-0.05, 0) is 37.5 Å². The molecule has 0 spiro atoms. The third-order valence-electron chi connectivity index (χ3n) is 24.7. The molecule has 3 rings (SSSR count). The van der Waals surface area contributed by atoms with Gasteiger partial charge in [-0.3, -0.25) is 28.2 Å². The van der Waals surface area contributed by atoms with Gasteiger partial charge in [0.15, 0.2) is 24.8 Å². The molecule has 3 fully saturated rings. The van der Waals surface area contributed by atoms with E-state index in [0.29, 0.717) is 43.9 Å². The van der Waals surface area contributed by atoms with Crippen LogP contribution in [0.2, 0.25) is 0 Å². The van der Waals surface area contributed by atoms with Gasteiger partial charge in [0.2, 0.25) is 0 Å². The summed E-state index contributed by atoms with van der Waals surface area (Å²) in [5.74, 6) is -1.63. The van der Waals surface area contributed by atoms with Crippen LogP contribution in [0.5, 0.6) is 0 Å². The lowest BCUT2D eigenvalue weighted by Gasteiger charge is -2.50. The highest BCUT2D eigenvalue weighted by molar-refractivity contribution is 7.47. The standard InChI is InChI=1S/C94H177O25P/c1-7-11-15-19-23-25-27-29-30-31-33-34-36-38-48-56-64-77(96)110-69-74(113-79(98)66-58-50-39-37-35-32-28-26-24-20-16-12-8-2)70-112-120(108,109)119-92-90(117-93-87(106)83(102)81(100)75(68-95)114-93)86(105)85(104)89(116-80(99)67-59-51-43-41-47-55-63-73(6)61-53-45-22-18-14-10-4)91(92)118-94-88(107)84(103)82(101)76(115-94)71-111-78(97)65-57-49-42-40-46-54-62-72(5)60-52-44-21-17-13-9-3/h72-76,81-95,100-107H,7-71H2,1-6H3,(H,108,109). The summed E-state index contributed by atoms with van der Waals surface area (Å²) in [4.78, 5) is 66.7. The predicted molar refractivity (Wildman–Crippen MR) is 467 cm³/mol. The number of phosphoric acid groups is 1. The van der Waals surface area contributed by atoms with Crippen molar-refractivity contribution in [2.24, 2.45) is 11.8 Å². The van der Waals surface area contributed by atoms with E-state index in [1.165, 1.54) is 205 Å². The zero-order valence-electron chi connectivity index (χ0n) is 76.0. The normalized spacial score (nSPS) is 25.2. The molecule has 10 N–H and O–H groups in total. The smallest absolute Gasteiger partial charge is 0.463 e. The molecule has 0 aromatic heterocycles. The molecule has 1 saturated carbocycles. The number of rotatable bonds is 79. The molecule has 20 unspecified atom stereocenters. The van der Waals surface area contributed by atoms with E-state index >= 15 is 0 Å². The molecule has 2 aliphatic heterocycles. The van der Waals surface area contributed by atoms with Gasteiger partial charge in [0.05, 0.1) is 13.2 Å². The lowest BCUT2D eigenvalue weighted by molar-refractivity contribution is -0.360. The summed E-state index contributed by atoms with van der Waals surface area (Å²) in [6.07, 6.45) is 26.6. The molecule has 0 aromatic carbocycles. The Morgan fingerprint density at radius 3 is 0.992 bits per heavy atom. The summed E-state index contributed by atoms with van der Waals surface area (Å²) in [6, 6.07) is 0. The maximum atomic E-state index is 14.9. The Kier molecular flexibility index (Phi) is 66.4. The Hall–Kier alpha value is -2.53. The van der Waals surface area contributed by atoms with E-state index in [2.05, 4.69) is 41.5 Å². The van der Waals surface area contributed by atoms with Crippen LogP contribution in [-0.4, -0.2) is 205 Å². The van der Waals surface area contributed by atoms with Gasteiger partial charge < -0.3 is 88.7 Å². The van der Waals surface area contributed by atoms with Crippen LogP contribution in [0.25, 0.3) is 0 Å². The number of esters is 4. The second kappa shape index (κ2) is 71.4. The Balaban J connectivity index is 1.91. The van der Waals surface area contributed by atoms with Gasteiger partial charge in [-0.15, -0.1) is 0 Å². The quantitative estimate of drug-likeness (QED) is 0.0117. The maximum Gasteiger partial charge on any atom is 0.472 e. The van der Waals surface area contributed by atoms with Crippen molar-refractivity contribution in [1.29, 1.82) is 0 Å². The number of carbonyl (C=O) groups is 4. The van der Waals surface area contributed by atoms with E-state index in [4.69, 9.17) is 46.9 Å². The van der Waals surface area contributed by atoms with E-state index < -0.39 is 162 Å². The highest BCUT2D eigenvalue weighted by Gasteiger charge is 2.60. The van der Waals surface area contributed by atoms with Gasteiger partial charge >= 0.3 is 31.7 Å². The highest BCUT2D eigenvalue weighted by atomic mass is 31.2. The number of ether oxygens (including phenoxy) is 8. The Morgan fingerprint density at radius 2 is 0.625 bits per heavy atom. The van der Waals surface area contributed by atoms with Crippen molar-refractivity contribution < 1.29 is 122 Å². The van der Waals surface area contributed by atoms with Crippen molar-refractivity contribution in [2.75, 3.05) is 26.4 Å². The van der Waals surface area contributed by atoms with Crippen LogP contribution in [0.15, 0.2) is 0 Å². The van der Waals surface area contributed by atoms with Gasteiger partial charge in [0.1, 0.15) is 92.6 Å². The largest absolute Gasteiger partial charge is 0.472 e. The Bertz CT molecular complexity index is 2520. The first kappa shape index (κ1) is 112. The molecule has 2 heterocycles. The van der Waals surface area contributed by atoms with E-state index in [9.17, 15) is 74.6 Å². The Morgan fingerprint density at radius 1 is 0.325 bits per heavy atom. The molecule has 2 saturated heterocycles. The van der Waals surface area contributed by atoms with Crippen molar-refractivity contribution >= 4 is 31.7 Å². The van der Waals surface area contributed by atoms with Gasteiger partial charge in [0, 0.05) is 25.7 Å². The fourth-order valence-electron chi connectivity index (χ4n) is 16.7. The Labute approximate surface area is 725 Å². The minimum atomic E-state index is -5.81. The molecule has 0 bridgehead atoms. The summed E-state index contributed by atoms with van der Waals surface area (Å²) >= 11 is 0. The van der Waals surface area contributed by atoms with Gasteiger partial charge in [0.25, 0.3) is 0 Å². The molecule has 20 atom stereocenters. The fraction of sp³-hybridized carbons (Fsp3) is 0.957. The lowest BCUT2D eigenvalue weighted by Crippen LogP contribution is -2.70. The van der Waals surface area contributed by atoms with Crippen LogP contribution in [0.1, 0.15) is 433 Å². The van der Waals surface area contributed by atoms with Crippen LogP contribution in [0, 0.1) is 11.8 Å². The number of phosphoric ester groups is 1. The van der Waals surface area contributed by atoms with Crippen LogP contribution >= 0.6 is 7.82 Å². The van der Waals surface area contributed by atoms with Crippen LogP contribution in [0.3, 0.4) is 0 Å². The number of carbonyl (C=O) groups excluding carboxylic acids is 4. The first-order valence-electron chi connectivity index (χ1n) is 49.1. The average Bonchev–Trinajstić information content (AvgIpc) is 0.753. The zero-order chi connectivity index (χ0) is 87.8. The molecule has 1 aliphatic carbocycles. The second-order valence-electron chi connectivity index (χ2n) is 35.9. The van der Waals surface area contributed by atoms with Crippen LogP contribution in [0.4, 0.5) is 0 Å². The molecular formula is C94H177O25P. The third kappa shape index (κ3) is 51.5. The summed E-state index contributed by atoms with van der Waals surface area (Å²) in [6.45, 7) is 10.3. The third-order valence-corrected chi connectivity index (χ3v) is 25.6. The number of unbranched alkanes of at least 4 members (excludes halogenated alkanes) is 47. The molecule has 25 nitrogen and oxygen atoms in total. The molecule has 0 radical (unpaired) electrons. The van der Waals surface area contributed by atoms with Gasteiger partial charge in [-0.1, -0.05) is 382 Å². The van der Waals surface area contributed by atoms with Crippen molar-refractivity contribution in [2.45, 2.75) is 537 Å². The minimum Gasteiger partial charge on any atom is -0.463 e. The zero-order valence-corrected chi connectivity index (χ0v) is 76.9. The summed E-state index contributed by atoms with van der Waals surface area (Å²) in [5, 5.41) is 103. The molecule has 708 valence electrons. The topological polar surface area (TPSA) is 380 Å². The molecule has 3 aliphatic rings.